The minimum absolute atomic E-state index is 0.0303. The molecule has 2 unspecified atom stereocenters. The van der Waals surface area contributed by atoms with E-state index < -0.39 is 25.4 Å². The number of carbonyl (C=O) groups is 2. The summed E-state index contributed by atoms with van der Waals surface area (Å²) in [5, 5.41) is 13.6. The number of ketones is 1. The number of aryl methyl sites for hydroxylation is 1. The number of oxazole rings is 1. The number of hydrogen-bond acceptors (Lipinski definition) is 5. The molecule has 1 aliphatic rings. The lowest BCUT2D eigenvalue weighted by Crippen LogP contribution is -2.46. The molecule has 0 radical (unpaired) electrons. The van der Waals surface area contributed by atoms with Gasteiger partial charge in [0.05, 0.1) is 5.41 Å². The standard InChI is InChI=1S/C33H38N2O4Si/c1-22-8-17-29-28(21-22)35-32(39-29)34-26-15-13-24(14-16-26)23-9-11-25(12-10-23)30(36)27-7-5-6-18-33(27,31(37)38)19-20-40(2,3)4/h8-17,21,27H,5-7,18-20H2,1-4H3,(H,34,35)(H,37,38). The van der Waals surface area contributed by atoms with Gasteiger partial charge in [-0.05, 0) is 67.1 Å². The summed E-state index contributed by atoms with van der Waals surface area (Å²) >= 11 is 0. The van der Waals surface area contributed by atoms with Gasteiger partial charge in [0.25, 0.3) is 6.01 Å². The van der Waals surface area contributed by atoms with Crippen molar-refractivity contribution in [1.29, 1.82) is 0 Å². The van der Waals surface area contributed by atoms with E-state index in [4.69, 9.17) is 4.42 Å². The number of nitrogens with zero attached hydrogens (tertiary/aromatic N) is 1. The molecule has 4 aromatic rings. The van der Waals surface area contributed by atoms with E-state index in [0.29, 0.717) is 30.8 Å². The van der Waals surface area contributed by atoms with Crippen molar-refractivity contribution in [1.82, 2.24) is 4.98 Å². The van der Waals surface area contributed by atoms with Crippen LogP contribution in [0.15, 0.2) is 71.1 Å². The molecule has 208 valence electrons. The Kier molecular flexibility index (Phi) is 7.69. The minimum Gasteiger partial charge on any atom is -0.481 e. The highest BCUT2D eigenvalue weighted by Gasteiger charge is 2.50. The topological polar surface area (TPSA) is 92.4 Å². The summed E-state index contributed by atoms with van der Waals surface area (Å²) in [5.74, 6) is -1.30. The molecule has 7 heteroatoms. The molecule has 2 N–H and O–H groups in total. The molecule has 40 heavy (non-hydrogen) atoms. The molecule has 1 aromatic heterocycles. The number of carboxylic acid groups (broad SMARTS) is 1. The van der Waals surface area contributed by atoms with Crippen LogP contribution in [0.3, 0.4) is 0 Å². The van der Waals surface area contributed by atoms with Crippen LogP contribution in [0.25, 0.3) is 22.2 Å². The van der Waals surface area contributed by atoms with E-state index in [2.05, 4.69) is 29.9 Å². The zero-order chi connectivity index (χ0) is 28.5. The summed E-state index contributed by atoms with van der Waals surface area (Å²) in [5.41, 5.74) is 5.20. The van der Waals surface area contributed by atoms with E-state index in [1.54, 1.807) is 0 Å². The van der Waals surface area contributed by atoms with Gasteiger partial charge in [0.1, 0.15) is 5.52 Å². The van der Waals surface area contributed by atoms with Crippen molar-refractivity contribution in [3.8, 4) is 11.1 Å². The maximum atomic E-state index is 13.7. The van der Waals surface area contributed by atoms with E-state index in [-0.39, 0.29) is 5.78 Å². The Labute approximate surface area is 236 Å². The number of hydrogen-bond donors (Lipinski definition) is 2. The van der Waals surface area contributed by atoms with E-state index in [9.17, 15) is 14.7 Å². The number of carbonyl (C=O) groups excluding carboxylic acids is 1. The molecule has 6 nitrogen and oxygen atoms in total. The van der Waals surface area contributed by atoms with Crippen LogP contribution >= 0.6 is 0 Å². The van der Waals surface area contributed by atoms with Crippen molar-refractivity contribution in [2.45, 2.75) is 64.7 Å². The Morgan fingerprint density at radius 1 is 1.00 bits per heavy atom. The molecule has 0 amide bonds. The van der Waals surface area contributed by atoms with E-state index in [1.165, 1.54) is 0 Å². The molecule has 1 saturated carbocycles. The lowest BCUT2D eigenvalue weighted by molar-refractivity contribution is -0.154. The predicted molar refractivity (Wildman–Crippen MR) is 163 cm³/mol. The largest absolute Gasteiger partial charge is 0.481 e. The summed E-state index contributed by atoms with van der Waals surface area (Å²) in [7, 11) is -1.45. The average Bonchev–Trinajstić information content (AvgIpc) is 3.33. The van der Waals surface area contributed by atoms with E-state index >= 15 is 0 Å². The van der Waals surface area contributed by atoms with Crippen molar-refractivity contribution in [3.63, 3.8) is 0 Å². The third kappa shape index (κ3) is 5.89. The second kappa shape index (κ2) is 11.0. The molecular formula is C33H38N2O4Si. The Morgan fingerprint density at radius 2 is 1.68 bits per heavy atom. The Bertz CT molecular complexity index is 1520. The molecule has 5 rings (SSSR count). The number of fused-ring (bicyclic) bond motifs is 1. The van der Waals surface area contributed by atoms with Gasteiger partial charge in [0, 0.05) is 25.2 Å². The van der Waals surface area contributed by atoms with Crippen LogP contribution in [0.1, 0.15) is 48.0 Å². The number of benzene rings is 3. The van der Waals surface area contributed by atoms with Crippen molar-refractivity contribution < 1.29 is 19.1 Å². The van der Waals surface area contributed by atoms with Crippen molar-refractivity contribution in [2.24, 2.45) is 11.3 Å². The molecule has 2 atom stereocenters. The molecule has 0 spiro atoms. The summed E-state index contributed by atoms with van der Waals surface area (Å²) in [6.07, 6.45) is 3.60. The van der Waals surface area contributed by atoms with Gasteiger partial charge in [0.2, 0.25) is 0 Å². The summed E-state index contributed by atoms with van der Waals surface area (Å²) in [4.78, 5) is 30.9. The van der Waals surface area contributed by atoms with Crippen LogP contribution in [-0.2, 0) is 4.79 Å². The van der Waals surface area contributed by atoms with Gasteiger partial charge in [-0.25, -0.2) is 0 Å². The fraction of sp³-hybridized carbons (Fsp3) is 0.364. The molecule has 1 aliphatic carbocycles. The minimum atomic E-state index is -1.45. The smallest absolute Gasteiger partial charge is 0.310 e. The highest BCUT2D eigenvalue weighted by atomic mass is 28.3. The maximum absolute atomic E-state index is 13.7. The molecule has 0 aliphatic heterocycles. The van der Waals surface area contributed by atoms with Crippen LogP contribution in [0.2, 0.25) is 25.7 Å². The first-order chi connectivity index (χ1) is 19.0. The Balaban J connectivity index is 1.30. The van der Waals surface area contributed by atoms with Gasteiger partial charge in [0.15, 0.2) is 11.4 Å². The van der Waals surface area contributed by atoms with Crippen molar-refractivity contribution in [3.05, 3.63) is 77.9 Å². The highest BCUT2D eigenvalue weighted by Crippen LogP contribution is 2.47. The lowest BCUT2D eigenvalue weighted by atomic mass is 9.62. The second-order valence-electron chi connectivity index (χ2n) is 12.5. The average molecular weight is 555 g/mol. The van der Waals surface area contributed by atoms with Crippen molar-refractivity contribution in [2.75, 3.05) is 5.32 Å². The molecule has 1 heterocycles. The fourth-order valence-corrected chi connectivity index (χ4v) is 7.07. The monoisotopic (exact) mass is 554 g/mol. The normalized spacial score (nSPS) is 19.4. The first-order valence-corrected chi connectivity index (χ1v) is 17.9. The van der Waals surface area contributed by atoms with Crippen LogP contribution < -0.4 is 5.32 Å². The molecule has 0 bridgehead atoms. The Morgan fingerprint density at radius 3 is 2.33 bits per heavy atom. The van der Waals surface area contributed by atoms with Crippen LogP contribution in [0.5, 0.6) is 0 Å². The number of Topliss-reactive ketones (excluding diaryl/α,β-unsaturated/α-hetero) is 1. The van der Waals surface area contributed by atoms with Crippen LogP contribution in [0.4, 0.5) is 11.7 Å². The van der Waals surface area contributed by atoms with E-state index in [1.807, 2.05) is 73.7 Å². The van der Waals surface area contributed by atoms with Gasteiger partial charge in [-0.15, -0.1) is 0 Å². The van der Waals surface area contributed by atoms with Gasteiger partial charge in [-0.2, -0.15) is 4.98 Å². The fourth-order valence-electron chi connectivity index (χ4n) is 5.87. The van der Waals surface area contributed by atoms with Gasteiger partial charge >= 0.3 is 5.97 Å². The lowest BCUT2D eigenvalue weighted by Gasteiger charge is -2.41. The zero-order valence-corrected chi connectivity index (χ0v) is 24.8. The number of nitrogens with one attached hydrogen (secondary N) is 1. The number of carboxylic acids is 1. The molecule has 1 fully saturated rings. The highest BCUT2D eigenvalue weighted by molar-refractivity contribution is 6.76. The third-order valence-corrected chi connectivity index (χ3v) is 10.0. The maximum Gasteiger partial charge on any atom is 0.310 e. The van der Waals surface area contributed by atoms with Crippen LogP contribution in [0, 0.1) is 18.3 Å². The van der Waals surface area contributed by atoms with Gasteiger partial charge in [-0.1, -0.05) is 81.0 Å². The zero-order valence-electron chi connectivity index (χ0n) is 23.8. The van der Waals surface area contributed by atoms with E-state index in [0.717, 1.165) is 52.4 Å². The summed E-state index contributed by atoms with van der Waals surface area (Å²) in [6.45, 7) is 8.82. The second-order valence-corrected chi connectivity index (χ2v) is 18.1. The number of aliphatic carboxylic acids is 1. The quantitative estimate of drug-likeness (QED) is 0.159. The van der Waals surface area contributed by atoms with Gasteiger partial charge in [-0.3, -0.25) is 9.59 Å². The van der Waals surface area contributed by atoms with Crippen LogP contribution in [-0.4, -0.2) is 29.9 Å². The third-order valence-electron chi connectivity index (χ3n) is 8.28. The number of aromatic nitrogens is 1. The SMILES string of the molecule is Cc1ccc2oc(Nc3ccc(-c4ccc(C(=O)C5CCCCC5(CC[Si](C)(C)C)C(=O)O)cc4)cc3)nc2c1. The van der Waals surface area contributed by atoms with Crippen molar-refractivity contribution >= 4 is 42.6 Å². The summed E-state index contributed by atoms with van der Waals surface area (Å²) in [6, 6.07) is 22.8. The molecular weight excluding hydrogens is 516 g/mol. The summed E-state index contributed by atoms with van der Waals surface area (Å²) < 4.78 is 5.80. The first kappa shape index (κ1) is 27.8. The van der Waals surface area contributed by atoms with Gasteiger partial charge < -0.3 is 14.8 Å². The first-order valence-electron chi connectivity index (χ1n) is 14.2. The number of rotatable bonds is 9. The molecule has 3 aromatic carbocycles. The Hall–Kier alpha value is -3.71. The number of anilines is 2. The predicted octanol–water partition coefficient (Wildman–Crippen LogP) is 8.72. The molecule has 0 saturated heterocycles.